The van der Waals surface area contributed by atoms with Crippen molar-refractivity contribution < 1.29 is 19.1 Å². The summed E-state index contributed by atoms with van der Waals surface area (Å²) in [5.74, 6) is -1.89. The van der Waals surface area contributed by atoms with Crippen LogP contribution in [-0.2, 0) is 17.6 Å². The Bertz CT molecular complexity index is 877. The number of aromatic nitrogens is 2. The molecule has 2 atom stereocenters. The maximum absolute atomic E-state index is 14.2. The second kappa shape index (κ2) is 6.55. The summed E-state index contributed by atoms with van der Waals surface area (Å²) in [4.78, 5) is 23.8. The van der Waals surface area contributed by atoms with Crippen LogP contribution in [0.2, 0.25) is 0 Å². The lowest BCUT2D eigenvalue weighted by Crippen LogP contribution is -2.34. The average molecular weight is 357 g/mol. The number of amides is 1. The van der Waals surface area contributed by atoms with E-state index < -0.39 is 11.9 Å². The average Bonchev–Trinajstić information content (AvgIpc) is 3.31. The van der Waals surface area contributed by atoms with Crippen LogP contribution in [0.1, 0.15) is 47.4 Å². The summed E-state index contributed by atoms with van der Waals surface area (Å²) in [5, 5.41) is 16.4. The first-order chi connectivity index (χ1) is 12.5. The molecular weight excluding hydrogens is 337 g/mol. The summed E-state index contributed by atoms with van der Waals surface area (Å²) < 4.78 is 15.7. The maximum atomic E-state index is 14.2. The van der Waals surface area contributed by atoms with E-state index in [4.69, 9.17) is 5.11 Å². The molecule has 2 N–H and O–H groups in total. The van der Waals surface area contributed by atoms with Crippen LogP contribution in [0.4, 0.5) is 4.39 Å². The molecule has 1 aromatic heterocycles. The summed E-state index contributed by atoms with van der Waals surface area (Å²) in [6.07, 6.45) is 4.08. The lowest BCUT2D eigenvalue weighted by molar-refractivity contribution is -0.141. The van der Waals surface area contributed by atoms with Gasteiger partial charge in [0.05, 0.1) is 5.92 Å². The number of nitrogens with zero attached hydrogens (tertiary/aromatic N) is 2. The van der Waals surface area contributed by atoms with E-state index in [9.17, 15) is 14.0 Å². The molecule has 2 aliphatic carbocycles. The zero-order valence-corrected chi connectivity index (χ0v) is 14.2. The van der Waals surface area contributed by atoms with Gasteiger partial charge in [-0.05, 0) is 50.7 Å². The molecule has 0 radical (unpaired) electrons. The van der Waals surface area contributed by atoms with Crippen molar-refractivity contribution >= 4 is 11.9 Å². The van der Waals surface area contributed by atoms with Crippen LogP contribution >= 0.6 is 0 Å². The molecule has 2 aromatic rings. The molecule has 1 amide bonds. The number of carboxylic acid groups (broad SMARTS) is 1. The number of para-hydroxylation sites is 1. The Balaban J connectivity index is 1.60. The number of rotatable bonds is 4. The van der Waals surface area contributed by atoms with Crippen LogP contribution in [0.5, 0.6) is 0 Å². The minimum Gasteiger partial charge on any atom is -0.481 e. The minimum atomic E-state index is -0.813. The van der Waals surface area contributed by atoms with Crippen molar-refractivity contribution in [3.8, 4) is 5.69 Å². The van der Waals surface area contributed by atoms with Gasteiger partial charge in [-0.15, -0.1) is 0 Å². The van der Waals surface area contributed by atoms with Crippen molar-refractivity contribution in [1.82, 2.24) is 15.1 Å². The first-order valence-electron chi connectivity index (χ1n) is 8.94. The van der Waals surface area contributed by atoms with Gasteiger partial charge in [0.15, 0.2) is 5.69 Å². The van der Waals surface area contributed by atoms with Crippen molar-refractivity contribution in [1.29, 1.82) is 0 Å². The van der Waals surface area contributed by atoms with Crippen molar-refractivity contribution in [2.75, 3.05) is 0 Å². The van der Waals surface area contributed by atoms with Gasteiger partial charge in [0.2, 0.25) is 0 Å². The summed E-state index contributed by atoms with van der Waals surface area (Å²) in [6.45, 7) is 0. The number of hydrogen-bond donors (Lipinski definition) is 2. The smallest absolute Gasteiger partial charge is 0.306 e. The number of halogens is 1. The Morgan fingerprint density at radius 2 is 2.04 bits per heavy atom. The molecule has 26 heavy (non-hydrogen) atoms. The highest BCUT2D eigenvalue weighted by atomic mass is 19.1. The third-order valence-corrected chi connectivity index (χ3v) is 5.34. The SMILES string of the molecule is O=C(N[C@H]1CC[C@@H](C(=O)O)C1)c1nn(-c2ccccc2F)c2c1CCC2. The number of fused-ring (bicyclic) bond motifs is 1. The Hall–Kier alpha value is -2.70. The normalized spacial score (nSPS) is 21.6. The number of hydrogen-bond acceptors (Lipinski definition) is 3. The van der Waals surface area contributed by atoms with Gasteiger partial charge in [0, 0.05) is 17.3 Å². The van der Waals surface area contributed by atoms with Crippen molar-refractivity contribution in [3.05, 3.63) is 47.0 Å². The number of carboxylic acids is 1. The van der Waals surface area contributed by atoms with Gasteiger partial charge in [0.25, 0.3) is 5.91 Å². The summed E-state index contributed by atoms with van der Waals surface area (Å²) >= 11 is 0. The van der Waals surface area contributed by atoms with Gasteiger partial charge in [-0.25, -0.2) is 9.07 Å². The van der Waals surface area contributed by atoms with Gasteiger partial charge < -0.3 is 10.4 Å². The van der Waals surface area contributed by atoms with Gasteiger partial charge in [0.1, 0.15) is 11.5 Å². The van der Waals surface area contributed by atoms with E-state index in [1.54, 1.807) is 22.9 Å². The minimum absolute atomic E-state index is 0.153. The van der Waals surface area contributed by atoms with Crippen molar-refractivity contribution in [3.63, 3.8) is 0 Å². The molecule has 0 bridgehead atoms. The molecule has 4 rings (SSSR count). The van der Waals surface area contributed by atoms with Crippen molar-refractivity contribution in [2.45, 2.75) is 44.6 Å². The molecule has 7 heteroatoms. The summed E-state index contributed by atoms with van der Waals surface area (Å²) in [6, 6.07) is 6.24. The number of carbonyl (C=O) groups excluding carboxylic acids is 1. The molecule has 136 valence electrons. The fourth-order valence-corrected chi connectivity index (χ4v) is 4.03. The first kappa shape index (κ1) is 16.8. The molecule has 0 spiro atoms. The van der Waals surface area contributed by atoms with Gasteiger partial charge >= 0.3 is 5.97 Å². The summed E-state index contributed by atoms with van der Waals surface area (Å²) in [7, 11) is 0. The van der Waals surface area contributed by atoms with Crippen LogP contribution in [0.3, 0.4) is 0 Å². The molecule has 6 nitrogen and oxygen atoms in total. The second-order valence-corrected chi connectivity index (χ2v) is 7.01. The molecule has 1 heterocycles. The molecular formula is C19H20FN3O3. The van der Waals surface area contributed by atoms with E-state index in [1.165, 1.54) is 6.07 Å². The van der Waals surface area contributed by atoms with Crippen LogP contribution in [0.25, 0.3) is 5.69 Å². The van der Waals surface area contributed by atoms with Crippen LogP contribution in [0.15, 0.2) is 24.3 Å². The van der Waals surface area contributed by atoms with Gasteiger partial charge in [-0.3, -0.25) is 9.59 Å². The third kappa shape index (κ3) is 2.87. The van der Waals surface area contributed by atoms with E-state index in [0.29, 0.717) is 30.6 Å². The second-order valence-electron chi connectivity index (χ2n) is 7.01. The fourth-order valence-electron chi connectivity index (χ4n) is 4.03. The highest BCUT2D eigenvalue weighted by Gasteiger charge is 2.33. The molecule has 1 saturated carbocycles. The summed E-state index contributed by atoms with van der Waals surface area (Å²) in [5.41, 5.74) is 2.43. The van der Waals surface area contributed by atoms with Crippen LogP contribution < -0.4 is 5.32 Å². The molecule has 0 saturated heterocycles. The van der Waals surface area contributed by atoms with E-state index in [0.717, 1.165) is 30.5 Å². The first-order valence-corrected chi connectivity index (χ1v) is 8.94. The number of aliphatic carboxylic acids is 1. The largest absolute Gasteiger partial charge is 0.481 e. The maximum Gasteiger partial charge on any atom is 0.306 e. The van der Waals surface area contributed by atoms with Crippen LogP contribution in [0, 0.1) is 11.7 Å². The highest BCUT2D eigenvalue weighted by Crippen LogP contribution is 2.30. The fraction of sp³-hybridized carbons (Fsp3) is 0.421. The van der Waals surface area contributed by atoms with Crippen LogP contribution in [-0.4, -0.2) is 32.8 Å². The van der Waals surface area contributed by atoms with Gasteiger partial charge in [-0.2, -0.15) is 5.10 Å². The quantitative estimate of drug-likeness (QED) is 0.880. The predicted octanol–water partition coefficient (Wildman–Crippen LogP) is 2.48. The Morgan fingerprint density at radius 1 is 1.23 bits per heavy atom. The third-order valence-electron chi connectivity index (χ3n) is 5.34. The lowest BCUT2D eigenvalue weighted by Gasteiger charge is -2.11. The molecule has 1 fully saturated rings. The Kier molecular flexibility index (Phi) is 4.22. The topological polar surface area (TPSA) is 84.2 Å². The standard InChI is InChI=1S/C19H20FN3O3/c20-14-5-1-2-6-16(14)23-15-7-3-4-13(15)17(22-23)18(24)21-12-9-8-11(10-12)19(25)26/h1-2,5-6,11-12H,3-4,7-10H2,(H,21,24)(H,25,26)/t11-,12+/m1/s1. The zero-order valence-electron chi connectivity index (χ0n) is 14.2. The lowest BCUT2D eigenvalue weighted by atomic mass is 10.1. The molecule has 0 unspecified atom stereocenters. The highest BCUT2D eigenvalue weighted by molar-refractivity contribution is 5.94. The van der Waals surface area contributed by atoms with Gasteiger partial charge in [-0.1, -0.05) is 12.1 Å². The number of nitrogens with one attached hydrogen (secondary N) is 1. The Morgan fingerprint density at radius 3 is 2.77 bits per heavy atom. The number of carbonyl (C=O) groups is 2. The number of benzene rings is 1. The zero-order chi connectivity index (χ0) is 18.3. The van der Waals surface area contributed by atoms with E-state index in [1.807, 2.05) is 0 Å². The van der Waals surface area contributed by atoms with E-state index in [-0.39, 0.29) is 17.8 Å². The van der Waals surface area contributed by atoms with Crippen molar-refractivity contribution in [2.24, 2.45) is 5.92 Å². The molecule has 1 aromatic carbocycles. The van der Waals surface area contributed by atoms with E-state index >= 15 is 0 Å². The monoisotopic (exact) mass is 357 g/mol. The van der Waals surface area contributed by atoms with E-state index in [2.05, 4.69) is 10.4 Å². The Labute approximate surface area is 150 Å². The molecule has 0 aliphatic heterocycles. The molecule has 2 aliphatic rings. The predicted molar refractivity (Wildman–Crippen MR) is 91.8 cm³/mol.